The van der Waals surface area contributed by atoms with Crippen LogP contribution in [0.2, 0.25) is 0 Å². The molecule has 3 unspecified atom stereocenters. The van der Waals surface area contributed by atoms with E-state index < -0.39 is 18.2 Å². The molecule has 6 nitrogen and oxygen atoms in total. The van der Waals surface area contributed by atoms with Gasteiger partial charge in [-0.25, -0.2) is 0 Å². The summed E-state index contributed by atoms with van der Waals surface area (Å²) in [5.74, 6) is -0.581. The SMILES string of the molecule is CC/C=C/C/C=C/C/C=C/C/C=C/C/C=C/CCC(=O)OC(CCCCCCCCC/C=C\C/C=C\CCCCC)CC(=O)NC(CO)C(O)CCCCCCCCCCCCCCC. The number of hydrogen-bond donors (Lipinski definition) is 3. The van der Waals surface area contributed by atoms with Crippen LogP contribution in [0.4, 0.5) is 0 Å². The van der Waals surface area contributed by atoms with Gasteiger partial charge in [-0.2, -0.15) is 0 Å². The maximum atomic E-state index is 13.2. The molecule has 0 aliphatic carbocycles. The number of unbranched alkanes of at least 4 members (excludes halogenated alkanes) is 22. The summed E-state index contributed by atoms with van der Waals surface area (Å²) in [6.07, 6.45) is 67.9. The van der Waals surface area contributed by atoms with Gasteiger partial charge in [0.1, 0.15) is 6.10 Å². The van der Waals surface area contributed by atoms with E-state index in [1.807, 2.05) is 6.08 Å². The molecule has 0 heterocycles. The van der Waals surface area contributed by atoms with E-state index in [0.717, 1.165) is 83.5 Å². The van der Waals surface area contributed by atoms with E-state index in [9.17, 15) is 19.8 Å². The van der Waals surface area contributed by atoms with E-state index in [0.29, 0.717) is 19.3 Å². The van der Waals surface area contributed by atoms with E-state index in [2.05, 4.69) is 105 Å². The number of esters is 1. The average molecular weight is 906 g/mol. The van der Waals surface area contributed by atoms with Crippen LogP contribution in [0, 0.1) is 0 Å². The second kappa shape index (κ2) is 52.0. The summed E-state index contributed by atoms with van der Waals surface area (Å²) >= 11 is 0. The number of rotatable bonds is 48. The Hall–Kier alpha value is -2.96. The van der Waals surface area contributed by atoms with Crippen molar-refractivity contribution in [2.24, 2.45) is 0 Å². The first-order chi connectivity index (χ1) is 32.0. The van der Waals surface area contributed by atoms with Crippen LogP contribution < -0.4 is 5.32 Å². The van der Waals surface area contributed by atoms with Crippen LogP contribution in [0.1, 0.15) is 252 Å². The van der Waals surface area contributed by atoms with Gasteiger partial charge in [-0.1, -0.05) is 234 Å². The zero-order chi connectivity index (χ0) is 47.4. The average Bonchev–Trinajstić information content (AvgIpc) is 3.30. The summed E-state index contributed by atoms with van der Waals surface area (Å²) in [6.45, 7) is 6.33. The molecule has 374 valence electrons. The van der Waals surface area contributed by atoms with Crippen LogP contribution in [0.5, 0.6) is 0 Å². The molecule has 6 heteroatoms. The summed E-state index contributed by atoms with van der Waals surface area (Å²) in [5, 5.41) is 23.8. The van der Waals surface area contributed by atoms with E-state index in [1.165, 1.54) is 116 Å². The Morgan fingerprint density at radius 2 is 0.831 bits per heavy atom. The molecular weight excluding hydrogens is 803 g/mol. The minimum atomic E-state index is -0.806. The Morgan fingerprint density at radius 3 is 1.29 bits per heavy atom. The van der Waals surface area contributed by atoms with Gasteiger partial charge >= 0.3 is 5.97 Å². The summed E-state index contributed by atoms with van der Waals surface area (Å²) in [7, 11) is 0. The molecule has 0 radical (unpaired) electrons. The molecule has 1 amide bonds. The Bertz CT molecular complexity index is 1250. The number of hydrogen-bond acceptors (Lipinski definition) is 5. The predicted octanol–water partition coefficient (Wildman–Crippen LogP) is 16.7. The van der Waals surface area contributed by atoms with E-state index in [4.69, 9.17) is 4.74 Å². The number of aliphatic hydroxyl groups excluding tert-OH is 2. The van der Waals surface area contributed by atoms with Gasteiger partial charge in [0, 0.05) is 6.42 Å². The largest absolute Gasteiger partial charge is 0.462 e. The van der Waals surface area contributed by atoms with Gasteiger partial charge in [0.15, 0.2) is 0 Å². The highest BCUT2D eigenvalue weighted by molar-refractivity contribution is 5.77. The maximum absolute atomic E-state index is 13.2. The minimum Gasteiger partial charge on any atom is -0.462 e. The standard InChI is InChI=1S/C59H103NO5/c1-4-7-10-13-16-19-22-25-27-29-30-33-35-38-41-44-47-50-55(65-59(64)52-49-46-43-40-37-34-31-28-26-23-20-17-14-11-8-5-2)53-58(63)60-56(54-61)57(62)51-48-45-42-39-36-32-24-21-18-15-12-9-6-3/h8,11,16-17,19-20,25-28,34,37,43,46,55-57,61-62H,4-7,9-10,12-15,18,21-24,29-33,35-36,38-42,44-45,47-54H2,1-3H3,(H,60,63)/b11-8+,19-16-,20-17+,27-25-,28-26+,37-34+,46-43+. The molecule has 0 aromatic rings. The molecule has 3 N–H and O–H groups in total. The van der Waals surface area contributed by atoms with Gasteiger partial charge in [0.25, 0.3) is 0 Å². The fourth-order valence-electron chi connectivity index (χ4n) is 7.86. The third-order valence-corrected chi connectivity index (χ3v) is 12.0. The van der Waals surface area contributed by atoms with Gasteiger partial charge in [0.2, 0.25) is 5.91 Å². The van der Waals surface area contributed by atoms with Crippen molar-refractivity contribution in [3.8, 4) is 0 Å². The fraction of sp³-hybridized carbons (Fsp3) is 0.729. The highest BCUT2D eigenvalue weighted by Gasteiger charge is 2.24. The molecule has 0 fully saturated rings. The van der Waals surface area contributed by atoms with Gasteiger partial charge in [-0.05, 0) is 89.9 Å². The number of allylic oxidation sites excluding steroid dienone is 14. The summed E-state index contributed by atoms with van der Waals surface area (Å²) < 4.78 is 5.90. The molecule has 3 atom stereocenters. The second-order valence-corrected chi connectivity index (χ2v) is 18.2. The van der Waals surface area contributed by atoms with Gasteiger partial charge in [-0.15, -0.1) is 0 Å². The number of carbonyl (C=O) groups is 2. The maximum Gasteiger partial charge on any atom is 0.306 e. The minimum absolute atomic E-state index is 0.0392. The highest BCUT2D eigenvalue weighted by Crippen LogP contribution is 2.17. The molecule has 0 aliphatic rings. The summed E-state index contributed by atoms with van der Waals surface area (Å²) in [5.41, 5.74) is 0. The lowest BCUT2D eigenvalue weighted by Gasteiger charge is -2.24. The lowest BCUT2D eigenvalue weighted by atomic mass is 10.0. The summed E-state index contributed by atoms with van der Waals surface area (Å²) in [4.78, 5) is 26.2. The van der Waals surface area contributed by atoms with Crippen LogP contribution in [0.25, 0.3) is 0 Å². The number of carbonyl (C=O) groups excluding carboxylic acids is 2. The van der Waals surface area contributed by atoms with E-state index in [-0.39, 0.29) is 31.3 Å². The van der Waals surface area contributed by atoms with Crippen molar-refractivity contribution in [2.75, 3.05) is 6.61 Å². The number of amides is 1. The Kier molecular flexibility index (Phi) is 49.6. The Labute approximate surface area is 402 Å². The molecule has 0 rings (SSSR count). The van der Waals surface area contributed by atoms with Crippen molar-refractivity contribution < 1.29 is 24.5 Å². The molecule has 0 bridgehead atoms. The molecular formula is C59H103NO5. The summed E-state index contributed by atoms with van der Waals surface area (Å²) in [6, 6.07) is -0.723. The zero-order valence-electron chi connectivity index (χ0n) is 42.6. The van der Waals surface area contributed by atoms with Crippen LogP contribution in [-0.2, 0) is 14.3 Å². The van der Waals surface area contributed by atoms with Gasteiger partial charge in [0.05, 0.1) is 25.2 Å². The van der Waals surface area contributed by atoms with Crippen LogP contribution in [0.15, 0.2) is 85.1 Å². The van der Waals surface area contributed by atoms with Crippen LogP contribution in [-0.4, -0.2) is 46.9 Å². The van der Waals surface area contributed by atoms with Gasteiger partial charge < -0.3 is 20.3 Å². The van der Waals surface area contributed by atoms with E-state index >= 15 is 0 Å². The predicted molar refractivity (Wildman–Crippen MR) is 282 cm³/mol. The molecule has 0 aromatic heterocycles. The molecule has 0 saturated heterocycles. The Balaban J connectivity index is 4.71. The third-order valence-electron chi connectivity index (χ3n) is 12.0. The van der Waals surface area contributed by atoms with Crippen LogP contribution >= 0.6 is 0 Å². The first-order valence-electron chi connectivity index (χ1n) is 27.3. The van der Waals surface area contributed by atoms with Crippen LogP contribution in [0.3, 0.4) is 0 Å². The van der Waals surface area contributed by atoms with E-state index in [1.54, 1.807) is 0 Å². The number of aliphatic hydroxyl groups is 2. The molecule has 0 aliphatic heterocycles. The smallest absolute Gasteiger partial charge is 0.306 e. The monoisotopic (exact) mass is 906 g/mol. The molecule has 0 aromatic carbocycles. The van der Waals surface area contributed by atoms with Crippen molar-refractivity contribution in [3.63, 3.8) is 0 Å². The second-order valence-electron chi connectivity index (χ2n) is 18.2. The van der Waals surface area contributed by atoms with Crippen molar-refractivity contribution >= 4 is 11.9 Å². The third kappa shape index (κ3) is 47.3. The number of ether oxygens (including phenoxy) is 1. The first-order valence-corrected chi connectivity index (χ1v) is 27.3. The molecule has 0 spiro atoms. The molecule has 0 saturated carbocycles. The van der Waals surface area contributed by atoms with Crippen molar-refractivity contribution in [1.29, 1.82) is 0 Å². The normalized spacial score (nSPS) is 13.9. The Morgan fingerprint density at radius 1 is 0.462 bits per heavy atom. The van der Waals surface area contributed by atoms with Gasteiger partial charge in [-0.3, -0.25) is 9.59 Å². The number of nitrogens with one attached hydrogen (secondary N) is 1. The first kappa shape index (κ1) is 62.0. The topological polar surface area (TPSA) is 95.9 Å². The molecule has 65 heavy (non-hydrogen) atoms. The highest BCUT2D eigenvalue weighted by atomic mass is 16.5. The lowest BCUT2D eigenvalue weighted by Crippen LogP contribution is -2.46. The fourth-order valence-corrected chi connectivity index (χ4v) is 7.86. The van der Waals surface area contributed by atoms with Crippen molar-refractivity contribution in [2.45, 2.75) is 270 Å². The quantitative estimate of drug-likeness (QED) is 0.0321. The lowest BCUT2D eigenvalue weighted by molar-refractivity contribution is -0.150. The van der Waals surface area contributed by atoms with Crippen molar-refractivity contribution in [1.82, 2.24) is 5.32 Å². The zero-order valence-corrected chi connectivity index (χ0v) is 42.6. The van der Waals surface area contributed by atoms with Crippen molar-refractivity contribution in [3.05, 3.63) is 85.1 Å².